The van der Waals surface area contributed by atoms with Crippen molar-refractivity contribution in [2.75, 3.05) is 6.61 Å². The fourth-order valence-electron chi connectivity index (χ4n) is 3.41. The van der Waals surface area contributed by atoms with Crippen LogP contribution >= 0.6 is 0 Å². The van der Waals surface area contributed by atoms with Gasteiger partial charge in [-0.25, -0.2) is 0 Å². The van der Waals surface area contributed by atoms with Crippen LogP contribution in [0.15, 0.2) is 30.3 Å². The van der Waals surface area contributed by atoms with Gasteiger partial charge >= 0.3 is 23.9 Å². The minimum absolute atomic E-state index is 0.233. The highest BCUT2D eigenvalue weighted by Crippen LogP contribution is 2.31. The molecule has 10 nitrogen and oxygen atoms in total. The third-order valence-electron chi connectivity index (χ3n) is 4.57. The third kappa shape index (κ3) is 7.16. The molecule has 0 radical (unpaired) electrons. The Kier molecular flexibility index (Phi) is 8.89. The highest BCUT2D eigenvalue weighted by Gasteiger charge is 2.52. The van der Waals surface area contributed by atoms with E-state index in [4.69, 9.17) is 23.7 Å². The van der Waals surface area contributed by atoms with E-state index >= 15 is 0 Å². The molecule has 1 heterocycles. The number of carbonyl (C=O) groups excluding carboxylic acids is 5. The first-order valence-corrected chi connectivity index (χ1v) is 9.97. The van der Waals surface area contributed by atoms with Crippen molar-refractivity contribution in [2.24, 2.45) is 0 Å². The van der Waals surface area contributed by atoms with E-state index in [2.05, 4.69) is 0 Å². The molecule has 0 amide bonds. The number of ketones is 1. The van der Waals surface area contributed by atoms with Crippen molar-refractivity contribution in [3.05, 3.63) is 35.9 Å². The summed E-state index contributed by atoms with van der Waals surface area (Å²) in [5.41, 5.74) is 0.403. The number of rotatable bonds is 8. The summed E-state index contributed by atoms with van der Waals surface area (Å²) in [4.78, 5) is 59.4. The van der Waals surface area contributed by atoms with E-state index in [1.54, 1.807) is 30.3 Å². The summed E-state index contributed by atoms with van der Waals surface area (Å²) in [6.45, 7) is 4.27. The molecule has 1 aliphatic heterocycles. The second-order valence-corrected chi connectivity index (χ2v) is 7.23. The Balaban J connectivity index is 2.42. The normalized spacial score (nSPS) is 24.7. The molecule has 1 unspecified atom stereocenters. The van der Waals surface area contributed by atoms with E-state index < -0.39 is 54.4 Å². The van der Waals surface area contributed by atoms with Crippen molar-refractivity contribution in [3.8, 4) is 0 Å². The molecule has 0 spiro atoms. The zero-order valence-corrected chi connectivity index (χ0v) is 18.3. The van der Waals surface area contributed by atoms with Gasteiger partial charge in [-0.1, -0.05) is 30.3 Å². The Morgan fingerprint density at radius 2 is 1.22 bits per heavy atom. The number of Topliss-reactive ketones (excluding diaryl/α,β-unsaturated/α-hetero) is 1. The van der Waals surface area contributed by atoms with Crippen molar-refractivity contribution in [2.45, 2.75) is 64.6 Å². The van der Waals surface area contributed by atoms with Gasteiger partial charge in [-0.15, -0.1) is 0 Å². The zero-order valence-electron chi connectivity index (χ0n) is 18.3. The van der Waals surface area contributed by atoms with Gasteiger partial charge in [0.05, 0.1) is 0 Å². The van der Waals surface area contributed by atoms with Crippen molar-refractivity contribution in [3.63, 3.8) is 0 Å². The van der Waals surface area contributed by atoms with Gasteiger partial charge in [0.25, 0.3) is 0 Å². The van der Waals surface area contributed by atoms with E-state index in [-0.39, 0.29) is 18.8 Å². The third-order valence-corrected chi connectivity index (χ3v) is 4.57. The number of ether oxygens (including phenoxy) is 5. The van der Waals surface area contributed by atoms with Crippen LogP contribution in [0.5, 0.6) is 0 Å². The topological polar surface area (TPSA) is 132 Å². The van der Waals surface area contributed by atoms with E-state index in [9.17, 15) is 24.0 Å². The highest BCUT2D eigenvalue weighted by molar-refractivity contribution is 5.96. The second-order valence-electron chi connectivity index (χ2n) is 7.23. The number of benzene rings is 1. The van der Waals surface area contributed by atoms with E-state index in [1.807, 2.05) is 0 Å². The van der Waals surface area contributed by atoms with Crippen molar-refractivity contribution >= 4 is 29.7 Å². The van der Waals surface area contributed by atoms with Crippen LogP contribution in [0.1, 0.15) is 44.5 Å². The minimum Gasteiger partial charge on any atom is -0.463 e. The monoisotopic (exact) mass is 450 g/mol. The SMILES string of the molecule is CC(=O)OC[C@H]1OC(CC(=O)c2ccccc2)[C@H](OC(C)=O)[C@@H](OC(C)=O)[C@@H]1OC(C)=O. The average molecular weight is 450 g/mol. The second kappa shape index (κ2) is 11.4. The first kappa shape index (κ1) is 25.0. The Labute approximate surface area is 185 Å². The Morgan fingerprint density at radius 3 is 1.72 bits per heavy atom. The fraction of sp³-hybridized carbons (Fsp3) is 0.500. The summed E-state index contributed by atoms with van der Waals surface area (Å²) in [6.07, 6.45) is -6.16. The lowest BCUT2D eigenvalue weighted by molar-refractivity contribution is -0.251. The summed E-state index contributed by atoms with van der Waals surface area (Å²) in [5.74, 6) is -3.09. The molecule has 1 saturated heterocycles. The van der Waals surface area contributed by atoms with Gasteiger partial charge in [0.2, 0.25) is 0 Å². The van der Waals surface area contributed by atoms with Crippen LogP contribution < -0.4 is 0 Å². The van der Waals surface area contributed by atoms with Crippen LogP contribution in [0.2, 0.25) is 0 Å². The lowest BCUT2D eigenvalue weighted by Gasteiger charge is -2.44. The van der Waals surface area contributed by atoms with Crippen LogP contribution in [0, 0.1) is 0 Å². The molecule has 1 aromatic rings. The molecule has 2 rings (SSSR count). The molecular formula is C22H26O10. The van der Waals surface area contributed by atoms with Gasteiger partial charge in [0.1, 0.15) is 18.8 Å². The quantitative estimate of drug-likeness (QED) is 0.325. The van der Waals surface area contributed by atoms with Gasteiger partial charge in [0, 0.05) is 39.7 Å². The summed E-state index contributed by atoms with van der Waals surface area (Å²) in [5, 5.41) is 0. The van der Waals surface area contributed by atoms with Crippen LogP contribution in [0.25, 0.3) is 0 Å². The van der Waals surface area contributed by atoms with Crippen LogP contribution in [0.4, 0.5) is 0 Å². The number of esters is 4. The molecule has 32 heavy (non-hydrogen) atoms. The zero-order chi connectivity index (χ0) is 23.8. The molecule has 5 atom stereocenters. The molecule has 1 aliphatic rings. The Hall–Kier alpha value is -3.27. The predicted octanol–water partition coefficient (Wildman–Crippen LogP) is 1.38. The molecule has 0 bridgehead atoms. The van der Waals surface area contributed by atoms with Crippen molar-refractivity contribution in [1.29, 1.82) is 0 Å². The van der Waals surface area contributed by atoms with Gasteiger partial charge in [-0.2, -0.15) is 0 Å². The largest absolute Gasteiger partial charge is 0.463 e. The first-order valence-electron chi connectivity index (χ1n) is 9.97. The van der Waals surface area contributed by atoms with E-state index in [1.165, 1.54) is 6.92 Å². The van der Waals surface area contributed by atoms with Crippen molar-refractivity contribution < 1.29 is 47.7 Å². The van der Waals surface area contributed by atoms with Gasteiger partial charge in [-0.3, -0.25) is 24.0 Å². The number of carbonyl (C=O) groups is 5. The van der Waals surface area contributed by atoms with Crippen LogP contribution in [0.3, 0.4) is 0 Å². The van der Waals surface area contributed by atoms with Gasteiger partial charge in [-0.05, 0) is 0 Å². The highest BCUT2D eigenvalue weighted by atomic mass is 16.7. The number of hydrogen-bond acceptors (Lipinski definition) is 10. The molecule has 0 aromatic heterocycles. The average Bonchev–Trinajstić information content (AvgIpc) is 2.70. The lowest BCUT2D eigenvalue weighted by Crippen LogP contribution is -2.62. The Morgan fingerprint density at radius 1 is 0.719 bits per heavy atom. The summed E-state index contributed by atoms with van der Waals surface area (Å²) < 4.78 is 26.9. The van der Waals surface area contributed by atoms with Crippen LogP contribution in [-0.4, -0.2) is 66.8 Å². The van der Waals surface area contributed by atoms with Crippen LogP contribution in [-0.2, 0) is 42.9 Å². The predicted molar refractivity (Wildman–Crippen MR) is 107 cm³/mol. The molecule has 10 heteroatoms. The minimum atomic E-state index is -1.29. The van der Waals surface area contributed by atoms with Gasteiger partial charge in [0.15, 0.2) is 24.1 Å². The lowest BCUT2D eigenvalue weighted by atomic mass is 9.90. The van der Waals surface area contributed by atoms with E-state index in [0.717, 1.165) is 20.8 Å². The maximum absolute atomic E-state index is 12.8. The molecule has 1 aromatic carbocycles. The molecule has 1 fully saturated rings. The summed E-state index contributed by atoms with van der Waals surface area (Å²) in [7, 11) is 0. The Bertz CT molecular complexity index is 850. The maximum atomic E-state index is 12.8. The standard InChI is InChI=1S/C22H26O10/c1-12(23)28-11-19-21(30-14(3)25)22(31-15(4)26)20(29-13(2)24)18(32-19)10-17(27)16-8-6-5-7-9-16/h5-9,18-22H,10-11H2,1-4H3/t18?,19-,20+,21-,22-/m1/s1. The smallest absolute Gasteiger partial charge is 0.303 e. The summed E-state index contributed by atoms with van der Waals surface area (Å²) in [6, 6.07) is 8.38. The molecular weight excluding hydrogens is 424 g/mol. The molecule has 0 N–H and O–H groups in total. The number of hydrogen-bond donors (Lipinski definition) is 0. The maximum Gasteiger partial charge on any atom is 0.303 e. The summed E-state index contributed by atoms with van der Waals surface area (Å²) >= 11 is 0. The fourth-order valence-corrected chi connectivity index (χ4v) is 3.41. The molecule has 0 aliphatic carbocycles. The van der Waals surface area contributed by atoms with Crippen molar-refractivity contribution in [1.82, 2.24) is 0 Å². The molecule has 174 valence electrons. The van der Waals surface area contributed by atoms with Gasteiger partial charge < -0.3 is 23.7 Å². The van der Waals surface area contributed by atoms with E-state index in [0.29, 0.717) is 5.56 Å². The first-order chi connectivity index (χ1) is 15.1. The molecule has 0 saturated carbocycles.